The van der Waals surface area contributed by atoms with E-state index >= 15 is 0 Å². The summed E-state index contributed by atoms with van der Waals surface area (Å²) in [5.74, 6) is 1.50. The van der Waals surface area contributed by atoms with Crippen molar-refractivity contribution in [3.05, 3.63) is 68.0 Å². The van der Waals surface area contributed by atoms with Gasteiger partial charge in [-0.05, 0) is 79.4 Å². The van der Waals surface area contributed by atoms with Gasteiger partial charge in [0.2, 0.25) is 4.96 Å². The Kier molecular flexibility index (Phi) is 6.55. The minimum absolute atomic E-state index is 0.215. The van der Waals surface area contributed by atoms with E-state index in [-0.39, 0.29) is 11.5 Å². The van der Waals surface area contributed by atoms with Gasteiger partial charge in [0.05, 0.1) is 11.1 Å². The van der Waals surface area contributed by atoms with Gasteiger partial charge >= 0.3 is 5.97 Å². The number of hydrogen-bond donors (Lipinski definition) is 0. The second-order valence-corrected chi connectivity index (χ2v) is 8.86. The fourth-order valence-electron chi connectivity index (χ4n) is 3.51. The molecule has 0 bridgehead atoms. The van der Waals surface area contributed by atoms with Crippen LogP contribution in [0.2, 0.25) is 0 Å². The van der Waals surface area contributed by atoms with E-state index in [9.17, 15) is 9.59 Å². The van der Waals surface area contributed by atoms with Crippen LogP contribution in [0.5, 0.6) is 11.5 Å². The first-order chi connectivity index (χ1) is 15.9. The molecule has 170 valence electrons. The van der Waals surface area contributed by atoms with Crippen molar-refractivity contribution in [1.82, 2.24) is 14.6 Å². The molecule has 0 saturated carbocycles. The number of aryl methyl sites for hydroxylation is 2. The standard InChI is InChI=1S/C25H25N3O4S/c1-5-6-11-31-20-9-7-19(8-10-20)23-26-25-28(27-23)24(30)21(33-25)14-18-12-15(2)22(16(3)13-18)32-17(4)29/h7-10,12-14H,5-6,11H2,1-4H3. The van der Waals surface area contributed by atoms with Crippen molar-refractivity contribution in [3.63, 3.8) is 0 Å². The van der Waals surface area contributed by atoms with Gasteiger partial charge in [0.15, 0.2) is 5.82 Å². The molecule has 2 aromatic heterocycles. The molecule has 0 radical (unpaired) electrons. The van der Waals surface area contributed by atoms with Crippen molar-refractivity contribution < 1.29 is 14.3 Å². The summed E-state index contributed by atoms with van der Waals surface area (Å²) < 4.78 is 12.9. The number of thiazole rings is 1. The Balaban J connectivity index is 1.62. The monoisotopic (exact) mass is 463 g/mol. The summed E-state index contributed by atoms with van der Waals surface area (Å²) in [6.07, 6.45) is 3.91. The molecule has 0 spiro atoms. The van der Waals surface area contributed by atoms with Gasteiger partial charge in [-0.25, -0.2) is 0 Å². The number of aromatic nitrogens is 3. The fraction of sp³-hybridized carbons (Fsp3) is 0.280. The zero-order valence-electron chi connectivity index (χ0n) is 19.0. The molecule has 0 N–H and O–H groups in total. The van der Waals surface area contributed by atoms with Crippen molar-refractivity contribution in [2.75, 3.05) is 6.61 Å². The van der Waals surface area contributed by atoms with Crippen molar-refractivity contribution in [3.8, 4) is 22.9 Å². The lowest BCUT2D eigenvalue weighted by Crippen LogP contribution is -2.23. The summed E-state index contributed by atoms with van der Waals surface area (Å²) in [5, 5.41) is 4.42. The number of fused-ring (bicyclic) bond motifs is 1. The second kappa shape index (κ2) is 9.54. The average molecular weight is 464 g/mol. The van der Waals surface area contributed by atoms with Crippen LogP contribution >= 0.6 is 11.3 Å². The first kappa shape index (κ1) is 22.7. The Morgan fingerprint density at radius 2 is 1.85 bits per heavy atom. The molecule has 0 amide bonds. The van der Waals surface area contributed by atoms with Crippen LogP contribution < -0.4 is 19.6 Å². The first-order valence-electron chi connectivity index (χ1n) is 10.8. The summed E-state index contributed by atoms with van der Waals surface area (Å²) in [6.45, 7) is 7.94. The lowest BCUT2D eigenvalue weighted by atomic mass is 10.1. The summed E-state index contributed by atoms with van der Waals surface area (Å²) >= 11 is 1.29. The molecule has 4 rings (SSSR count). The van der Waals surface area contributed by atoms with Crippen LogP contribution in [-0.2, 0) is 4.79 Å². The predicted octanol–water partition coefficient (Wildman–Crippen LogP) is 4.09. The topological polar surface area (TPSA) is 82.8 Å². The van der Waals surface area contributed by atoms with Gasteiger partial charge in [-0.2, -0.15) is 9.50 Å². The Morgan fingerprint density at radius 1 is 1.15 bits per heavy atom. The number of rotatable bonds is 7. The maximum absolute atomic E-state index is 12.9. The quantitative estimate of drug-likeness (QED) is 0.233. The summed E-state index contributed by atoms with van der Waals surface area (Å²) in [4.78, 5) is 29.3. The molecule has 8 heteroatoms. The van der Waals surface area contributed by atoms with Gasteiger partial charge in [0, 0.05) is 12.5 Å². The average Bonchev–Trinajstić information content (AvgIpc) is 3.31. The van der Waals surface area contributed by atoms with E-state index in [1.807, 2.05) is 56.3 Å². The molecule has 33 heavy (non-hydrogen) atoms. The largest absolute Gasteiger partial charge is 0.494 e. The molecule has 0 unspecified atom stereocenters. The molecular formula is C25H25N3O4S. The lowest BCUT2D eigenvalue weighted by molar-refractivity contribution is -0.131. The van der Waals surface area contributed by atoms with E-state index in [0.29, 0.717) is 27.7 Å². The van der Waals surface area contributed by atoms with Crippen LogP contribution in [0, 0.1) is 13.8 Å². The summed E-state index contributed by atoms with van der Waals surface area (Å²) in [7, 11) is 0. The van der Waals surface area contributed by atoms with E-state index in [0.717, 1.165) is 40.8 Å². The molecule has 0 aliphatic heterocycles. The van der Waals surface area contributed by atoms with Gasteiger partial charge in [-0.15, -0.1) is 5.10 Å². The number of unbranched alkanes of at least 4 members (excludes halogenated alkanes) is 1. The highest BCUT2D eigenvalue weighted by atomic mass is 32.1. The van der Waals surface area contributed by atoms with Crippen LogP contribution in [-0.4, -0.2) is 27.2 Å². The van der Waals surface area contributed by atoms with Crippen LogP contribution in [0.3, 0.4) is 0 Å². The van der Waals surface area contributed by atoms with Crippen LogP contribution in [0.25, 0.3) is 22.4 Å². The maximum Gasteiger partial charge on any atom is 0.308 e. The van der Waals surface area contributed by atoms with E-state index in [2.05, 4.69) is 17.0 Å². The molecule has 4 aromatic rings. The number of carbonyl (C=O) groups is 1. The molecule has 0 atom stereocenters. The van der Waals surface area contributed by atoms with Crippen LogP contribution in [0.4, 0.5) is 0 Å². The minimum atomic E-state index is -0.361. The number of benzene rings is 2. The Morgan fingerprint density at radius 3 is 2.45 bits per heavy atom. The highest BCUT2D eigenvalue weighted by Crippen LogP contribution is 2.25. The summed E-state index contributed by atoms with van der Waals surface area (Å²) in [6, 6.07) is 11.3. The third-order valence-electron chi connectivity index (χ3n) is 5.09. The highest BCUT2D eigenvalue weighted by Gasteiger charge is 2.13. The predicted molar refractivity (Wildman–Crippen MR) is 129 cm³/mol. The number of ether oxygens (including phenoxy) is 2. The second-order valence-electron chi connectivity index (χ2n) is 7.85. The van der Waals surface area contributed by atoms with Crippen molar-refractivity contribution >= 4 is 28.3 Å². The summed E-state index contributed by atoms with van der Waals surface area (Å²) in [5.41, 5.74) is 3.11. The highest BCUT2D eigenvalue weighted by molar-refractivity contribution is 7.15. The normalized spacial score (nSPS) is 11.8. The molecule has 0 aliphatic rings. The Hall–Kier alpha value is -3.52. The van der Waals surface area contributed by atoms with Crippen molar-refractivity contribution in [2.45, 2.75) is 40.5 Å². The van der Waals surface area contributed by atoms with Gasteiger partial charge in [0.25, 0.3) is 5.56 Å². The third-order valence-corrected chi connectivity index (χ3v) is 6.05. The van der Waals surface area contributed by atoms with Gasteiger partial charge in [-0.3, -0.25) is 9.59 Å². The lowest BCUT2D eigenvalue weighted by Gasteiger charge is -2.10. The third kappa shape index (κ3) is 4.96. The van der Waals surface area contributed by atoms with Crippen molar-refractivity contribution in [1.29, 1.82) is 0 Å². The molecule has 0 fully saturated rings. The fourth-order valence-corrected chi connectivity index (χ4v) is 4.42. The van der Waals surface area contributed by atoms with E-state index in [1.165, 1.54) is 22.8 Å². The molecule has 2 aromatic carbocycles. The van der Waals surface area contributed by atoms with Crippen LogP contribution in [0.1, 0.15) is 43.4 Å². The van der Waals surface area contributed by atoms with Crippen LogP contribution in [0.15, 0.2) is 41.2 Å². The Bertz CT molecular complexity index is 1400. The SMILES string of the molecule is CCCCOc1ccc(-c2nc3sc(=Cc4cc(C)c(OC(C)=O)c(C)c4)c(=O)n3n2)cc1. The van der Waals surface area contributed by atoms with E-state index in [1.54, 1.807) is 0 Å². The van der Waals surface area contributed by atoms with Crippen molar-refractivity contribution in [2.24, 2.45) is 0 Å². The molecule has 7 nitrogen and oxygen atoms in total. The molecule has 2 heterocycles. The number of nitrogens with zero attached hydrogens (tertiary/aromatic N) is 3. The number of carbonyl (C=O) groups excluding carboxylic acids is 1. The minimum Gasteiger partial charge on any atom is -0.494 e. The smallest absolute Gasteiger partial charge is 0.308 e. The zero-order chi connectivity index (χ0) is 23.5. The van der Waals surface area contributed by atoms with Gasteiger partial charge in [-0.1, -0.05) is 24.7 Å². The number of esters is 1. The molecule has 0 aliphatic carbocycles. The zero-order valence-corrected chi connectivity index (χ0v) is 19.9. The molecule has 0 saturated heterocycles. The van der Waals surface area contributed by atoms with E-state index < -0.39 is 0 Å². The van der Waals surface area contributed by atoms with Gasteiger partial charge < -0.3 is 9.47 Å². The maximum atomic E-state index is 12.9. The van der Waals surface area contributed by atoms with E-state index in [4.69, 9.17) is 9.47 Å². The molecular weight excluding hydrogens is 438 g/mol. The van der Waals surface area contributed by atoms with Gasteiger partial charge in [0.1, 0.15) is 11.5 Å². The Labute approximate surface area is 195 Å². The number of hydrogen-bond acceptors (Lipinski definition) is 7. The first-order valence-corrected chi connectivity index (χ1v) is 11.6.